The lowest BCUT2D eigenvalue weighted by Crippen LogP contribution is -2.18. The molecule has 0 aromatic heterocycles. The van der Waals surface area contributed by atoms with Crippen LogP contribution >= 0.6 is 0 Å². The molecule has 0 saturated heterocycles. The molecule has 0 aliphatic rings. The maximum Gasteiger partial charge on any atom is 0.306 e. The first kappa shape index (κ1) is 47.9. The Morgan fingerprint density at radius 2 is 0.780 bits per heavy atom. The van der Waals surface area contributed by atoms with Gasteiger partial charge in [-0.3, -0.25) is 9.59 Å². The van der Waals surface area contributed by atoms with Crippen LogP contribution in [0, 0.1) is 0 Å². The number of esters is 1. The molecule has 290 valence electrons. The normalized spacial score (nSPS) is 12.7. The van der Waals surface area contributed by atoms with Crippen LogP contribution in [0.3, 0.4) is 0 Å². The Bertz CT molecular complexity index is 839. The highest BCUT2D eigenvalue weighted by molar-refractivity contribution is 5.69. The molecule has 0 aliphatic heterocycles. The zero-order chi connectivity index (χ0) is 36.4. The van der Waals surface area contributed by atoms with E-state index in [4.69, 9.17) is 9.84 Å². The Hall–Kier alpha value is -2.10. The number of ether oxygens (including phenoxy) is 1. The van der Waals surface area contributed by atoms with E-state index in [0.29, 0.717) is 6.42 Å². The molecule has 0 bridgehead atoms. The minimum absolute atomic E-state index is 0.00534. The van der Waals surface area contributed by atoms with Crippen molar-refractivity contribution in [2.75, 3.05) is 0 Å². The SMILES string of the molecule is CCCCC/C=C\C/C=C\C/C=C\C/C=C\CCCCCC(=O)OC(CCCCCCCCCCCCC)CCCCCCCCCC(=O)O. The number of unbranched alkanes of at least 4 members (excludes halogenated alkanes) is 22. The average molecular weight is 699 g/mol. The van der Waals surface area contributed by atoms with Crippen molar-refractivity contribution in [3.05, 3.63) is 48.6 Å². The summed E-state index contributed by atoms with van der Waals surface area (Å²) in [5, 5.41) is 8.78. The van der Waals surface area contributed by atoms with Crippen molar-refractivity contribution in [1.29, 1.82) is 0 Å². The van der Waals surface area contributed by atoms with Crippen LogP contribution in [-0.4, -0.2) is 23.1 Å². The van der Waals surface area contributed by atoms with Gasteiger partial charge in [-0.05, 0) is 83.5 Å². The Morgan fingerprint density at radius 3 is 1.24 bits per heavy atom. The molecule has 1 atom stereocenters. The zero-order valence-corrected chi connectivity index (χ0v) is 33.2. The zero-order valence-electron chi connectivity index (χ0n) is 33.2. The minimum atomic E-state index is -0.689. The van der Waals surface area contributed by atoms with Gasteiger partial charge in [-0.25, -0.2) is 0 Å². The van der Waals surface area contributed by atoms with Gasteiger partial charge < -0.3 is 9.84 Å². The summed E-state index contributed by atoms with van der Waals surface area (Å²) in [6, 6.07) is 0. The maximum atomic E-state index is 12.7. The van der Waals surface area contributed by atoms with Crippen molar-refractivity contribution in [1.82, 2.24) is 0 Å². The molecule has 1 unspecified atom stereocenters. The summed E-state index contributed by atoms with van der Waals surface area (Å²) in [7, 11) is 0. The highest BCUT2D eigenvalue weighted by atomic mass is 16.5. The first-order valence-electron chi connectivity index (χ1n) is 21.6. The standard InChI is InChI=1S/C46H82O4/c1-3-5-7-9-11-13-15-16-17-18-19-20-21-22-24-26-31-35-39-43-46(49)50-44(41-37-33-29-27-30-34-38-42-45(47)48)40-36-32-28-25-23-14-12-10-8-6-4-2/h11,13,16-17,19-20,22,24,44H,3-10,12,14-15,18,21,23,25-43H2,1-2H3,(H,47,48)/b13-11-,17-16-,20-19-,24-22-. The van der Waals surface area contributed by atoms with Crippen molar-refractivity contribution >= 4 is 11.9 Å². The topological polar surface area (TPSA) is 63.6 Å². The van der Waals surface area contributed by atoms with Crippen LogP contribution in [-0.2, 0) is 14.3 Å². The minimum Gasteiger partial charge on any atom is -0.481 e. The second-order valence-corrected chi connectivity index (χ2v) is 14.5. The molecule has 0 spiro atoms. The second-order valence-electron chi connectivity index (χ2n) is 14.5. The van der Waals surface area contributed by atoms with E-state index in [-0.39, 0.29) is 18.5 Å². The second kappa shape index (κ2) is 41.3. The molecule has 0 aliphatic carbocycles. The summed E-state index contributed by atoms with van der Waals surface area (Å²) < 4.78 is 6.04. The molecular formula is C46H82O4. The van der Waals surface area contributed by atoms with E-state index in [9.17, 15) is 9.59 Å². The summed E-state index contributed by atoms with van der Waals surface area (Å²) in [6.07, 6.45) is 55.6. The smallest absolute Gasteiger partial charge is 0.306 e. The number of carboxylic acids is 1. The first-order valence-corrected chi connectivity index (χ1v) is 21.6. The molecule has 1 N–H and O–H groups in total. The first-order chi connectivity index (χ1) is 24.6. The van der Waals surface area contributed by atoms with Crippen LogP contribution in [0.2, 0.25) is 0 Å². The lowest BCUT2D eigenvalue weighted by Gasteiger charge is -2.18. The Labute approximate surface area is 311 Å². The maximum absolute atomic E-state index is 12.7. The third kappa shape index (κ3) is 40.3. The average Bonchev–Trinajstić information content (AvgIpc) is 3.10. The van der Waals surface area contributed by atoms with E-state index in [1.807, 2.05) is 0 Å². The monoisotopic (exact) mass is 699 g/mol. The van der Waals surface area contributed by atoms with E-state index in [1.54, 1.807) is 0 Å². The molecule has 0 saturated carbocycles. The van der Waals surface area contributed by atoms with Crippen LogP contribution in [0.15, 0.2) is 48.6 Å². The van der Waals surface area contributed by atoms with Crippen molar-refractivity contribution in [3.63, 3.8) is 0 Å². The Kier molecular flexibility index (Phi) is 39.6. The number of carbonyl (C=O) groups excluding carboxylic acids is 1. The Balaban J connectivity index is 4.12. The molecule has 0 aromatic rings. The number of hydrogen-bond acceptors (Lipinski definition) is 3. The number of hydrogen-bond donors (Lipinski definition) is 1. The largest absolute Gasteiger partial charge is 0.481 e. The lowest BCUT2D eigenvalue weighted by molar-refractivity contribution is -0.150. The van der Waals surface area contributed by atoms with Gasteiger partial charge in [0.25, 0.3) is 0 Å². The molecule has 0 rings (SSSR count). The van der Waals surface area contributed by atoms with Gasteiger partial charge in [0.1, 0.15) is 6.10 Å². The fraction of sp³-hybridized carbons (Fsp3) is 0.783. The Morgan fingerprint density at radius 1 is 0.440 bits per heavy atom. The molecule has 4 nitrogen and oxygen atoms in total. The summed E-state index contributed by atoms with van der Waals surface area (Å²) in [5.74, 6) is -0.694. The summed E-state index contributed by atoms with van der Waals surface area (Å²) in [4.78, 5) is 23.4. The van der Waals surface area contributed by atoms with Crippen LogP contribution in [0.25, 0.3) is 0 Å². The van der Waals surface area contributed by atoms with E-state index < -0.39 is 5.97 Å². The van der Waals surface area contributed by atoms with Crippen LogP contribution in [0.4, 0.5) is 0 Å². The fourth-order valence-corrected chi connectivity index (χ4v) is 6.34. The number of allylic oxidation sites excluding steroid dienone is 8. The number of aliphatic carboxylic acids is 1. The molecule has 0 aromatic carbocycles. The highest BCUT2D eigenvalue weighted by Crippen LogP contribution is 2.19. The van der Waals surface area contributed by atoms with Gasteiger partial charge in [-0.15, -0.1) is 0 Å². The third-order valence-corrected chi connectivity index (χ3v) is 9.55. The number of carboxylic acid groups (broad SMARTS) is 1. The molecule has 0 heterocycles. The van der Waals surface area contributed by atoms with Gasteiger partial charge in [0.15, 0.2) is 0 Å². The molecule has 50 heavy (non-hydrogen) atoms. The lowest BCUT2D eigenvalue weighted by atomic mass is 10.0. The van der Waals surface area contributed by atoms with Crippen molar-refractivity contribution in [2.45, 2.75) is 232 Å². The van der Waals surface area contributed by atoms with Gasteiger partial charge in [-0.2, -0.15) is 0 Å². The van der Waals surface area contributed by atoms with E-state index in [0.717, 1.165) is 89.9 Å². The molecule has 4 heteroatoms. The quantitative estimate of drug-likeness (QED) is 0.0394. The molecular weight excluding hydrogens is 617 g/mol. The third-order valence-electron chi connectivity index (χ3n) is 9.55. The predicted molar refractivity (Wildman–Crippen MR) is 218 cm³/mol. The van der Waals surface area contributed by atoms with Gasteiger partial charge >= 0.3 is 11.9 Å². The highest BCUT2D eigenvalue weighted by Gasteiger charge is 2.14. The van der Waals surface area contributed by atoms with Crippen molar-refractivity contribution < 1.29 is 19.4 Å². The summed E-state index contributed by atoms with van der Waals surface area (Å²) in [5.41, 5.74) is 0. The number of rotatable bonds is 39. The summed E-state index contributed by atoms with van der Waals surface area (Å²) in [6.45, 7) is 4.52. The van der Waals surface area contributed by atoms with Crippen molar-refractivity contribution in [3.8, 4) is 0 Å². The van der Waals surface area contributed by atoms with Crippen LogP contribution < -0.4 is 0 Å². The van der Waals surface area contributed by atoms with Crippen molar-refractivity contribution in [2.24, 2.45) is 0 Å². The fourth-order valence-electron chi connectivity index (χ4n) is 6.34. The van der Waals surface area contributed by atoms with E-state index in [1.165, 1.54) is 109 Å². The van der Waals surface area contributed by atoms with Gasteiger partial charge in [0.2, 0.25) is 0 Å². The predicted octanol–water partition coefficient (Wildman–Crippen LogP) is 15.1. The number of carbonyl (C=O) groups is 2. The van der Waals surface area contributed by atoms with Crippen LogP contribution in [0.5, 0.6) is 0 Å². The van der Waals surface area contributed by atoms with Crippen LogP contribution in [0.1, 0.15) is 226 Å². The molecule has 0 radical (unpaired) electrons. The van der Waals surface area contributed by atoms with E-state index in [2.05, 4.69) is 62.5 Å². The van der Waals surface area contributed by atoms with Gasteiger partial charge in [0, 0.05) is 12.8 Å². The van der Waals surface area contributed by atoms with Gasteiger partial charge in [0.05, 0.1) is 0 Å². The molecule has 0 fully saturated rings. The summed E-state index contributed by atoms with van der Waals surface area (Å²) >= 11 is 0. The molecule has 0 amide bonds. The van der Waals surface area contributed by atoms with E-state index >= 15 is 0 Å². The van der Waals surface area contributed by atoms with Gasteiger partial charge in [-0.1, -0.05) is 178 Å².